The third-order valence-electron chi connectivity index (χ3n) is 4.55. The molecule has 0 radical (unpaired) electrons. The summed E-state index contributed by atoms with van der Waals surface area (Å²) in [7, 11) is 1.91. The molecule has 0 fully saturated rings. The van der Waals surface area contributed by atoms with Crippen LogP contribution in [0.5, 0.6) is 0 Å². The van der Waals surface area contributed by atoms with Crippen LogP contribution in [0.2, 0.25) is 0 Å². The fourth-order valence-corrected chi connectivity index (χ4v) is 3.26. The molecule has 130 valence electrons. The lowest BCUT2D eigenvalue weighted by atomic mass is 10.1. The number of fused-ring (bicyclic) bond motifs is 1. The normalized spacial score (nSPS) is 11.1. The lowest BCUT2D eigenvalue weighted by Crippen LogP contribution is -2.01. The quantitative estimate of drug-likeness (QED) is 0.494. The predicted molar refractivity (Wildman–Crippen MR) is 104 cm³/mol. The zero-order chi connectivity index (χ0) is 18.2. The third kappa shape index (κ3) is 2.67. The molecule has 5 aromatic rings. The van der Waals surface area contributed by atoms with Crippen molar-refractivity contribution in [3.05, 3.63) is 79.6 Å². The van der Waals surface area contributed by atoms with E-state index in [1.807, 2.05) is 60.5 Å². The molecule has 27 heavy (non-hydrogen) atoms. The number of rotatable bonds is 3. The van der Waals surface area contributed by atoms with E-state index >= 15 is 0 Å². The van der Waals surface area contributed by atoms with E-state index in [9.17, 15) is 0 Å². The smallest absolute Gasteiger partial charge is 0.149 e. The van der Waals surface area contributed by atoms with E-state index in [0.717, 1.165) is 39.2 Å². The Morgan fingerprint density at radius 3 is 2.56 bits per heavy atom. The fraction of sp³-hybridized carbons (Fsp3) is 0.0476. The van der Waals surface area contributed by atoms with Gasteiger partial charge in [0.25, 0.3) is 0 Å². The van der Waals surface area contributed by atoms with E-state index < -0.39 is 0 Å². The first kappa shape index (κ1) is 15.5. The number of aryl methyl sites for hydroxylation is 1. The molecule has 0 bridgehead atoms. The van der Waals surface area contributed by atoms with Crippen LogP contribution >= 0.6 is 0 Å². The summed E-state index contributed by atoms with van der Waals surface area (Å²) < 4.78 is 3.80. The van der Waals surface area contributed by atoms with E-state index in [1.165, 1.54) is 0 Å². The molecule has 0 aliphatic rings. The second-order valence-electron chi connectivity index (χ2n) is 6.32. The molecule has 6 heteroatoms. The van der Waals surface area contributed by atoms with E-state index in [4.69, 9.17) is 0 Å². The van der Waals surface area contributed by atoms with Gasteiger partial charge in [0, 0.05) is 42.2 Å². The summed E-state index contributed by atoms with van der Waals surface area (Å²) in [6.45, 7) is 0. The van der Waals surface area contributed by atoms with Crippen molar-refractivity contribution in [2.75, 3.05) is 0 Å². The molecule has 0 saturated carbocycles. The molecule has 0 saturated heterocycles. The molecule has 6 nitrogen and oxygen atoms in total. The zero-order valence-corrected chi connectivity index (χ0v) is 14.7. The number of benzene rings is 2. The molecule has 3 aromatic heterocycles. The lowest BCUT2D eigenvalue weighted by molar-refractivity contribution is 0.768. The summed E-state index contributed by atoms with van der Waals surface area (Å²) in [5.74, 6) is 1.67. The highest BCUT2D eigenvalue weighted by molar-refractivity contribution is 5.89. The van der Waals surface area contributed by atoms with Gasteiger partial charge in [-0.15, -0.1) is 0 Å². The molecular weight excluding hydrogens is 336 g/mol. The summed E-state index contributed by atoms with van der Waals surface area (Å²) in [6.07, 6.45) is 9.16. The van der Waals surface area contributed by atoms with Gasteiger partial charge in [-0.2, -0.15) is 5.10 Å². The van der Waals surface area contributed by atoms with E-state index in [1.54, 1.807) is 17.2 Å². The number of hydrogen-bond acceptors (Lipinski definition) is 4. The summed E-state index contributed by atoms with van der Waals surface area (Å²) in [5, 5.41) is 5.22. The van der Waals surface area contributed by atoms with Gasteiger partial charge in [-0.05, 0) is 17.7 Å². The standard InChI is InChI=1S/C21H16N6/c1-26-13-17(12-25-26)16-7-8-18-19(11-16)23-14-24-21(18)27-10-9-22-20(27)15-5-3-2-4-6-15/h2-14H,1H3. The molecular formula is C21H16N6. The Morgan fingerprint density at radius 2 is 1.74 bits per heavy atom. The van der Waals surface area contributed by atoms with Crippen molar-refractivity contribution in [2.45, 2.75) is 0 Å². The molecule has 0 unspecified atom stereocenters. The van der Waals surface area contributed by atoms with Crippen molar-refractivity contribution in [1.29, 1.82) is 0 Å². The van der Waals surface area contributed by atoms with Crippen molar-refractivity contribution in [3.63, 3.8) is 0 Å². The van der Waals surface area contributed by atoms with Crippen LogP contribution in [0.4, 0.5) is 0 Å². The van der Waals surface area contributed by atoms with Gasteiger partial charge in [-0.1, -0.05) is 36.4 Å². The molecule has 0 atom stereocenters. The SMILES string of the molecule is Cn1cc(-c2ccc3c(-n4ccnc4-c4ccccc4)ncnc3c2)cn1. The second kappa shape index (κ2) is 6.17. The maximum atomic E-state index is 4.54. The average molecular weight is 352 g/mol. The highest BCUT2D eigenvalue weighted by Crippen LogP contribution is 2.28. The molecule has 3 heterocycles. The van der Waals surface area contributed by atoms with Crippen molar-refractivity contribution in [3.8, 4) is 28.3 Å². The molecule has 0 aliphatic heterocycles. The van der Waals surface area contributed by atoms with Gasteiger partial charge >= 0.3 is 0 Å². The van der Waals surface area contributed by atoms with Gasteiger partial charge in [0.05, 0.1) is 11.7 Å². The Kier molecular flexibility index (Phi) is 3.53. The summed E-state index contributed by atoms with van der Waals surface area (Å²) in [4.78, 5) is 13.5. The first-order valence-corrected chi connectivity index (χ1v) is 8.62. The minimum atomic E-state index is 0.814. The van der Waals surface area contributed by atoms with E-state index in [0.29, 0.717) is 0 Å². The first-order chi connectivity index (χ1) is 13.3. The van der Waals surface area contributed by atoms with Gasteiger partial charge in [0.1, 0.15) is 18.0 Å². The van der Waals surface area contributed by atoms with Crippen molar-refractivity contribution in [1.82, 2.24) is 29.3 Å². The fourth-order valence-electron chi connectivity index (χ4n) is 3.26. The predicted octanol–water partition coefficient (Wildman–Crippen LogP) is 3.88. The van der Waals surface area contributed by atoms with Crippen LogP contribution in [-0.4, -0.2) is 29.3 Å². The number of nitrogens with zero attached hydrogens (tertiary/aromatic N) is 6. The van der Waals surface area contributed by atoms with Crippen molar-refractivity contribution >= 4 is 10.9 Å². The van der Waals surface area contributed by atoms with Crippen LogP contribution < -0.4 is 0 Å². The summed E-state index contributed by atoms with van der Waals surface area (Å²) >= 11 is 0. The molecule has 0 spiro atoms. The van der Waals surface area contributed by atoms with Crippen molar-refractivity contribution < 1.29 is 0 Å². The van der Waals surface area contributed by atoms with Crippen molar-refractivity contribution in [2.24, 2.45) is 7.05 Å². The Bertz CT molecular complexity index is 1240. The highest BCUT2D eigenvalue weighted by Gasteiger charge is 2.13. The van der Waals surface area contributed by atoms with Crippen LogP contribution in [0.3, 0.4) is 0 Å². The van der Waals surface area contributed by atoms with Crippen LogP contribution in [0.25, 0.3) is 39.2 Å². The number of aromatic nitrogens is 6. The van der Waals surface area contributed by atoms with E-state index in [2.05, 4.69) is 38.2 Å². The largest absolute Gasteiger partial charge is 0.283 e. The zero-order valence-electron chi connectivity index (χ0n) is 14.7. The van der Waals surface area contributed by atoms with Gasteiger partial charge in [0.15, 0.2) is 0 Å². The summed E-state index contributed by atoms with van der Waals surface area (Å²) in [6, 6.07) is 16.3. The monoisotopic (exact) mass is 352 g/mol. The van der Waals surface area contributed by atoms with Crippen LogP contribution in [0, 0.1) is 0 Å². The Morgan fingerprint density at radius 1 is 0.852 bits per heavy atom. The van der Waals surface area contributed by atoms with Crippen LogP contribution in [-0.2, 0) is 7.05 Å². The van der Waals surface area contributed by atoms with Gasteiger partial charge in [0.2, 0.25) is 0 Å². The second-order valence-corrected chi connectivity index (χ2v) is 6.32. The van der Waals surface area contributed by atoms with Gasteiger partial charge in [-0.25, -0.2) is 15.0 Å². The molecule has 0 aliphatic carbocycles. The number of hydrogen-bond donors (Lipinski definition) is 0. The topological polar surface area (TPSA) is 61.4 Å². The minimum Gasteiger partial charge on any atom is -0.283 e. The Labute approximate surface area is 155 Å². The maximum absolute atomic E-state index is 4.54. The van der Waals surface area contributed by atoms with Crippen LogP contribution in [0.1, 0.15) is 0 Å². The molecule has 5 rings (SSSR count). The lowest BCUT2D eigenvalue weighted by Gasteiger charge is -2.10. The van der Waals surface area contributed by atoms with Gasteiger partial charge in [-0.3, -0.25) is 9.25 Å². The van der Waals surface area contributed by atoms with E-state index in [-0.39, 0.29) is 0 Å². The third-order valence-corrected chi connectivity index (χ3v) is 4.55. The van der Waals surface area contributed by atoms with Gasteiger partial charge < -0.3 is 0 Å². The Balaban J connectivity index is 1.66. The maximum Gasteiger partial charge on any atom is 0.149 e. The van der Waals surface area contributed by atoms with Crippen LogP contribution in [0.15, 0.2) is 79.6 Å². The molecule has 0 amide bonds. The molecule has 0 N–H and O–H groups in total. The first-order valence-electron chi connectivity index (χ1n) is 8.62. The Hall–Kier alpha value is -3.80. The number of imidazole rings is 1. The average Bonchev–Trinajstić information content (AvgIpc) is 3.37. The minimum absolute atomic E-state index is 0.814. The molecule has 2 aromatic carbocycles. The summed E-state index contributed by atoms with van der Waals surface area (Å²) in [5.41, 5.74) is 4.07. The highest BCUT2D eigenvalue weighted by atomic mass is 15.2.